The number of halogens is 1. The van der Waals surface area contributed by atoms with Crippen molar-refractivity contribution < 1.29 is 9.53 Å². The topological polar surface area (TPSA) is 64.3 Å². The Hall–Kier alpha value is -2.82. The highest BCUT2D eigenvalue weighted by Gasteiger charge is 2.14. The van der Waals surface area contributed by atoms with E-state index in [1.165, 1.54) is 0 Å². The first-order valence-electron chi connectivity index (χ1n) is 9.10. The summed E-state index contributed by atoms with van der Waals surface area (Å²) in [5.41, 5.74) is 9.44. The fraction of sp³-hybridized carbons (Fsp3) is 0.174. The van der Waals surface area contributed by atoms with Crippen LogP contribution in [0, 0.1) is 0 Å². The fourth-order valence-corrected chi connectivity index (χ4v) is 2.98. The van der Waals surface area contributed by atoms with E-state index in [-0.39, 0.29) is 24.4 Å². The van der Waals surface area contributed by atoms with Crippen molar-refractivity contribution in [1.82, 2.24) is 5.32 Å². The highest BCUT2D eigenvalue weighted by atomic mass is 35.5. The lowest BCUT2D eigenvalue weighted by atomic mass is 10.0. The monoisotopic (exact) mass is 396 g/mol. The standard InChI is InChI=1S/C23H24N2O2.ClH/c1-2-27-21-13-7-11-19(15-21)18-10-6-12-20(14-18)23(26)25-22(16-24)17-8-4-3-5-9-17;/h3-15,22H,2,16,24H2,1H3,(H,25,26);1H/t22-;/m1./s1. The van der Waals surface area contributed by atoms with Crippen molar-refractivity contribution in [2.75, 3.05) is 13.2 Å². The van der Waals surface area contributed by atoms with E-state index in [4.69, 9.17) is 10.5 Å². The number of rotatable bonds is 7. The van der Waals surface area contributed by atoms with Crippen molar-refractivity contribution in [3.8, 4) is 16.9 Å². The first-order valence-corrected chi connectivity index (χ1v) is 9.10. The summed E-state index contributed by atoms with van der Waals surface area (Å²) in [5.74, 6) is 0.675. The molecule has 0 spiro atoms. The van der Waals surface area contributed by atoms with Crippen LogP contribution in [-0.2, 0) is 0 Å². The Kier molecular flexibility index (Phi) is 8.05. The van der Waals surface area contributed by atoms with Gasteiger partial charge in [-0.25, -0.2) is 0 Å². The smallest absolute Gasteiger partial charge is 0.251 e. The molecular weight excluding hydrogens is 372 g/mol. The lowest BCUT2D eigenvalue weighted by Gasteiger charge is -2.17. The van der Waals surface area contributed by atoms with Gasteiger partial charge in [0.25, 0.3) is 5.91 Å². The van der Waals surface area contributed by atoms with Crippen LogP contribution >= 0.6 is 12.4 Å². The van der Waals surface area contributed by atoms with Gasteiger partial charge < -0.3 is 15.8 Å². The van der Waals surface area contributed by atoms with Gasteiger partial charge in [-0.15, -0.1) is 12.4 Å². The molecule has 0 radical (unpaired) electrons. The minimum atomic E-state index is -0.219. The predicted molar refractivity (Wildman–Crippen MR) is 116 cm³/mol. The van der Waals surface area contributed by atoms with Crippen LogP contribution in [0.2, 0.25) is 0 Å². The normalized spacial score (nSPS) is 11.2. The summed E-state index contributed by atoms with van der Waals surface area (Å²) in [6, 6.07) is 25.0. The van der Waals surface area contributed by atoms with Gasteiger partial charge in [0.1, 0.15) is 5.75 Å². The predicted octanol–water partition coefficient (Wildman–Crippen LogP) is 4.60. The third kappa shape index (κ3) is 5.35. The third-order valence-corrected chi connectivity index (χ3v) is 4.35. The second-order valence-electron chi connectivity index (χ2n) is 6.21. The zero-order chi connectivity index (χ0) is 19.1. The number of ether oxygens (including phenoxy) is 1. The molecule has 5 heteroatoms. The maximum absolute atomic E-state index is 12.7. The highest BCUT2D eigenvalue weighted by molar-refractivity contribution is 5.95. The number of amides is 1. The van der Waals surface area contributed by atoms with E-state index >= 15 is 0 Å². The third-order valence-electron chi connectivity index (χ3n) is 4.35. The van der Waals surface area contributed by atoms with Crippen molar-refractivity contribution >= 4 is 18.3 Å². The van der Waals surface area contributed by atoms with Gasteiger partial charge in [0.2, 0.25) is 0 Å². The van der Waals surface area contributed by atoms with E-state index in [1.807, 2.05) is 85.8 Å². The Balaban J connectivity index is 0.00000280. The van der Waals surface area contributed by atoms with Crippen LogP contribution in [0.4, 0.5) is 0 Å². The quantitative estimate of drug-likeness (QED) is 0.613. The zero-order valence-electron chi connectivity index (χ0n) is 15.8. The van der Waals surface area contributed by atoms with E-state index in [1.54, 1.807) is 0 Å². The van der Waals surface area contributed by atoms with Gasteiger partial charge in [-0.1, -0.05) is 54.6 Å². The number of hydrogen-bond acceptors (Lipinski definition) is 3. The Morgan fingerprint density at radius 2 is 1.64 bits per heavy atom. The van der Waals surface area contributed by atoms with Crippen LogP contribution in [0.25, 0.3) is 11.1 Å². The van der Waals surface area contributed by atoms with E-state index < -0.39 is 0 Å². The van der Waals surface area contributed by atoms with Crippen LogP contribution in [0.5, 0.6) is 5.75 Å². The lowest BCUT2D eigenvalue weighted by Crippen LogP contribution is -2.33. The Bertz CT molecular complexity index is 900. The number of carbonyl (C=O) groups excluding carboxylic acids is 1. The Labute approximate surface area is 172 Å². The van der Waals surface area contributed by atoms with Crippen molar-refractivity contribution in [2.45, 2.75) is 13.0 Å². The number of carbonyl (C=O) groups is 1. The SMILES string of the molecule is CCOc1cccc(-c2cccc(C(=O)N[C@H](CN)c3ccccc3)c2)c1.Cl. The summed E-state index contributed by atoms with van der Waals surface area (Å²) >= 11 is 0. The molecule has 0 saturated carbocycles. The van der Waals surface area contributed by atoms with Gasteiger partial charge in [0.05, 0.1) is 12.6 Å². The van der Waals surface area contributed by atoms with Crippen molar-refractivity contribution in [2.24, 2.45) is 5.73 Å². The molecule has 0 unspecified atom stereocenters. The number of nitrogens with two attached hydrogens (primary N) is 1. The summed E-state index contributed by atoms with van der Waals surface area (Å²) in [6.07, 6.45) is 0. The molecule has 0 bridgehead atoms. The van der Waals surface area contributed by atoms with Gasteiger partial charge >= 0.3 is 0 Å². The molecule has 3 aromatic rings. The van der Waals surface area contributed by atoms with Gasteiger partial charge in [-0.3, -0.25) is 4.79 Å². The molecular formula is C23H25ClN2O2. The molecule has 0 aliphatic rings. The first-order chi connectivity index (χ1) is 13.2. The van der Waals surface area contributed by atoms with Crippen molar-refractivity contribution in [1.29, 1.82) is 0 Å². The Morgan fingerprint density at radius 3 is 2.32 bits per heavy atom. The molecule has 0 heterocycles. The van der Waals surface area contributed by atoms with Gasteiger partial charge in [-0.2, -0.15) is 0 Å². The highest BCUT2D eigenvalue weighted by Crippen LogP contribution is 2.25. The minimum absolute atomic E-state index is 0. The maximum atomic E-state index is 12.7. The summed E-state index contributed by atoms with van der Waals surface area (Å²) in [6.45, 7) is 2.91. The van der Waals surface area contributed by atoms with Gasteiger partial charge in [-0.05, 0) is 47.9 Å². The van der Waals surface area contributed by atoms with Crippen LogP contribution in [0.15, 0.2) is 78.9 Å². The second kappa shape index (κ2) is 10.5. The number of benzene rings is 3. The molecule has 4 nitrogen and oxygen atoms in total. The number of hydrogen-bond donors (Lipinski definition) is 2. The van der Waals surface area contributed by atoms with Crippen LogP contribution in [-0.4, -0.2) is 19.1 Å². The molecule has 1 amide bonds. The summed E-state index contributed by atoms with van der Waals surface area (Å²) in [7, 11) is 0. The molecule has 3 N–H and O–H groups in total. The number of nitrogens with one attached hydrogen (secondary N) is 1. The molecule has 28 heavy (non-hydrogen) atoms. The zero-order valence-corrected chi connectivity index (χ0v) is 16.6. The molecule has 0 saturated heterocycles. The molecule has 1 atom stereocenters. The summed E-state index contributed by atoms with van der Waals surface area (Å²) in [5, 5.41) is 3.02. The van der Waals surface area contributed by atoms with E-state index in [0.29, 0.717) is 18.7 Å². The van der Waals surface area contributed by atoms with E-state index in [9.17, 15) is 4.79 Å². The molecule has 0 fully saturated rings. The first kappa shape index (κ1) is 21.5. The minimum Gasteiger partial charge on any atom is -0.494 e. The molecule has 3 rings (SSSR count). The Morgan fingerprint density at radius 1 is 0.964 bits per heavy atom. The summed E-state index contributed by atoms with van der Waals surface area (Å²) < 4.78 is 5.57. The van der Waals surface area contributed by atoms with Crippen LogP contribution in [0.3, 0.4) is 0 Å². The van der Waals surface area contributed by atoms with Crippen molar-refractivity contribution in [3.63, 3.8) is 0 Å². The van der Waals surface area contributed by atoms with Crippen LogP contribution in [0.1, 0.15) is 28.9 Å². The lowest BCUT2D eigenvalue weighted by molar-refractivity contribution is 0.0938. The van der Waals surface area contributed by atoms with Crippen LogP contribution < -0.4 is 15.8 Å². The molecule has 3 aromatic carbocycles. The average molecular weight is 397 g/mol. The van der Waals surface area contributed by atoms with Gasteiger partial charge in [0, 0.05) is 12.1 Å². The average Bonchev–Trinajstić information content (AvgIpc) is 2.73. The van der Waals surface area contributed by atoms with E-state index in [2.05, 4.69) is 5.32 Å². The van der Waals surface area contributed by atoms with E-state index in [0.717, 1.165) is 22.4 Å². The molecule has 146 valence electrons. The molecule has 0 aliphatic carbocycles. The fourth-order valence-electron chi connectivity index (χ4n) is 2.98. The second-order valence-corrected chi connectivity index (χ2v) is 6.21. The molecule has 0 aromatic heterocycles. The van der Waals surface area contributed by atoms with Crippen molar-refractivity contribution in [3.05, 3.63) is 90.0 Å². The summed E-state index contributed by atoms with van der Waals surface area (Å²) in [4.78, 5) is 12.7. The maximum Gasteiger partial charge on any atom is 0.251 e. The molecule has 0 aliphatic heterocycles. The largest absolute Gasteiger partial charge is 0.494 e. The van der Waals surface area contributed by atoms with Gasteiger partial charge in [0.15, 0.2) is 0 Å².